The Morgan fingerprint density at radius 2 is 1.75 bits per heavy atom. The first kappa shape index (κ1) is 20.1. The van der Waals surface area contributed by atoms with Gasteiger partial charge in [-0.05, 0) is 42.3 Å². The number of carbonyl (C=O) groups excluding carboxylic acids is 1. The molecule has 0 saturated heterocycles. The SMILES string of the molecule is COc1c(Cl)cc(C(=O)Nc2ccc(C)c(Cl)c2)cc1OCc1ccccc1. The third-order valence-electron chi connectivity index (χ3n) is 4.14. The van der Waals surface area contributed by atoms with E-state index in [4.69, 9.17) is 32.7 Å². The Hall–Kier alpha value is -2.69. The maximum Gasteiger partial charge on any atom is 0.255 e. The molecule has 3 aromatic carbocycles. The van der Waals surface area contributed by atoms with Crippen molar-refractivity contribution in [2.24, 2.45) is 0 Å². The van der Waals surface area contributed by atoms with E-state index >= 15 is 0 Å². The number of rotatable bonds is 6. The number of amides is 1. The third kappa shape index (κ3) is 4.77. The van der Waals surface area contributed by atoms with Gasteiger partial charge in [-0.15, -0.1) is 0 Å². The Morgan fingerprint density at radius 3 is 2.43 bits per heavy atom. The maximum absolute atomic E-state index is 12.7. The quantitative estimate of drug-likeness (QED) is 0.525. The molecular formula is C22H19Cl2NO3. The molecule has 144 valence electrons. The van der Waals surface area contributed by atoms with E-state index in [-0.39, 0.29) is 5.91 Å². The zero-order valence-corrected chi connectivity index (χ0v) is 17.0. The zero-order chi connectivity index (χ0) is 20.1. The Morgan fingerprint density at radius 1 is 1.00 bits per heavy atom. The summed E-state index contributed by atoms with van der Waals surface area (Å²) in [5.41, 5.74) is 2.87. The summed E-state index contributed by atoms with van der Waals surface area (Å²) in [7, 11) is 1.50. The van der Waals surface area contributed by atoms with Gasteiger partial charge in [-0.1, -0.05) is 59.6 Å². The van der Waals surface area contributed by atoms with E-state index in [9.17, 15) is 4.79 Å². The lowest BCUT2D eigenvalue weighted by Crippen LogP contribution is -2.12. The normalized spacial score (nSPS) is 10.4. The van der Waals surface area contributed by atoms with E-state index in [2.05, 4.69) is 5.32 Å². The molecule has 28 heavy (non-hydrogen) atoms. The highest BCUT2D eigenvalue weighted by atomic mass is 35.5. The minimum absolute atomic E-state index is 0.292. The van der Waals surface area contributed by atoms with Crippen LogP contribution >= 0.6 is 23.2 Å². The second kappa shape index (κ2) is 9.00. The summed E-state index contributed by atoms with van der Waals surface area (Å²) in [6, 6.07) is 18.2. The van der Waals surface area contributed by atoms with Gasteiger partial charge in [0, 0.05) is 16.3 Å². The standard InChI is InChI=1S/C22H19Cl2NO3/c1-14-8-9-17(12-18(14)23)25-22(26)16-10-19(24)21(27-2)20(11-16)28-13-15-6-4-3-5-7-15/h3-12H,13H2,1-2H3,(H,25,26). The van der Waals surface area contributed by atoms with Gasteiger partial charge in [-0.25, -0.2) is 0 Å². The summed E-state index contributed by atoms with van der Waals surface area (Å²) in [6.07, 6.45) is 0. The number of methoxy groups -OCH3 is 1. The average molecular weight is 416 g/mol. The van der Waals surface area contributed by atoms with Crippen molar-refractivity contribution in [3.63, 3.8) is 0 Å². The van der Waals surface area contributed by atoms with Crippen LogP contribution in [0.5, 0.6) is 11.5 Å². The van der Waals surface area contributed by atoms with Crippen LogP contribution in [0.3, 0.4) is 0 Å². The van der Waals surface area contributed by atoms with E-state index in [1.807, 2.05) is 43.3 Å². The summed E-state index contributed by atoms with van der Waals surface area (Å²) in [5, 5.41) is 3.69. The molecule has 0 aliphatic carbocycles. The predicted octanol–water partition coefficient (Wildman–Crippen LogP) is 6.14. The highest BCUT2D eigenvalue weighted by Crippen LogP contribution is 2.37. The van der Waals surface area contributed by atoms with E-state index in [1.165, 1.54) is 7.11 Å². The fraction of sp³-hybridized carbons (Fsp3) is 0.136. The van der Waals surface area contributed by atoms with Crippen molar-refractivity contribution < 1.29 is 14.3 Å². The van der Waals surface area contributed by atoms with Gasteiger partial charge in [0.2, 0.25) is 0 Å². The minimum Gasteiger partial charge on any atom is -0.491 e. The summed E-state index contributed by atoms with van der Waals surface area (Å²) in [5.74, 6) is 0.451. The van der Waals surface area contributed by atoms with E-state index in [1.54, 1.807) is 24.3 Å². The molecule has 0 atom stereocenters. The maximum atomic E-state index is 12.7. The molecule has 0 fully saturated rings. The average Bonchev–Trinajstić information content (AvgIpc) is 2.69. The summed E-state index contributed by atoms with van der Waals surface area (Å²) in [4.78, 5) is 12.7. The Bertz CT molecular complexity index is 991. The number of ether oxygens (including phenoxy) is 2. The smallest absolute Gasteiger partial charge is 0.255 e. The van der Waals surface area contributed by atoms with Crippen molar-refractivity contribution >= 4 is 34.8 Å². The highest BCUT2D eigenvalue weighted by Gasteiger charge is 2.16. The summed E-state index contributed by atoms with van der Waals surface area (Å²) >= 11 is 12.4. The van der Waals surface area contributed by atoms with Gasteiger partial charge < -0.3 is 14.8 Å². The van der Waals surface area contributed by atoms with Crippen LogP contribution in [0.1, 0.15) is 21.5 Å². The number of hydrogen-bond acceptors (Lipinski definition) is 3. The lowest BCUT2D eigenvalue weighted by molar-refractivity contribution is 0.102. The topological polar surface area (TPSA) is 47.6 Å². The molecule has 0 saturated carbocycles. The van der Waals surface area contributed by atoms with Crippen molar-refractivity contribution in [2.45, 2.75) is 13.5 Å². The Labute approximate surface area is 174 Å². The van der Waals surface area contributed by atoms with Crippen molar-refractivity contribution in [1.29, 1.82) is 0 Å². The molecule has 6 heteroatoms. The second-order valence-electron chi connectivity index (χ2n) is 6.18. The number of benzene rings is 3. The van der Waals surface area contributed by atoms with Crippen LogP contribution in [0.15, 0.2) is 60.7 Å². The van der Waals surface area contributed by atoms with Crippen molar-refractivity contribution in [1.82, 2.24) is 0 Å². The van der Waals surface area contributed by atoms with E-state index < -0.39 is 0 Å². The fourth-order valence-electron chi connectivity index (χ4n) is 2.61. The lowest BCUT2D eigenvalue weighted by Gasteiger charge is -2.14. The van der Waals surface area contributed by atoms with Gasteiger partial charge in [0.05, 0.1) is 12.1 Å². The summed E-state index contributed by atoms with van der Waals surface area (Å²) in [6.45, 7) is 2.22. The first-order valence-corrected chi connectivity index (χ1v) is 9.35. The van der Waals surface area contributed by atoms with E-state index in [0.717, 1.165) is 11.1 Å². The molecule has 0 aliphatic rings. The monoisotopic (exact) mass is 415 g/mol. The summed E-state index contributed by atoms with van der Waals surface area (Å²) < 4.78 is 11.2. The van der Waals surface area contributed by atoms with Gasteiger partial charge in [0.15, 0.2) is 11.5 Å². The zero-order valence-electron chi connectivity index (χ0n) is 15.5. The van der Waals surface area contributed by atoms with Crippen molar-refractivity contribution in [3.05, 3.63) is 87.4 Å². The molecule has 0 aromatic heterocycles. The Balaban J connectivity index is 1.83. The van der Waals surface area contributed by atoms with Gasteiger partial charge in [0.1, 0.15) is 6.61 Å². The molecule has 0 heterocycles. The molecule has 1 N–H and O–H groups in total. The molecule has 0 unspecified atom stereocenters. The highest BCUT2D eigenvalue weighted by molar-refractivity contribution is 6.33. The lowest BCUT2D eigenvalue weighted by atomic mass is 10.1. The van der Waals surface area contributed by atoms with Crippen LogP contribution in [0, 0.1) is 6.92 Å². The molecular weight excluding hydrogens is 397 g/mol. The number of aryl methyl sites for hydroxylation is 1. The third-order valence-corrected chi connectivity index (χ3v) is 4.83. The number of anilines is 1. The molecule has 0 bridgehead atoms. The number of carbonyl (C=O) groups is 1. The van der Waals surface area contributed by atoms with Gasteiger partial charge in [-0.3, -0.25) is 4.79 Å². The minimum atomic E-state index is -0.325. The predicted molar refractivity (Wildman–Crippen MR) is 113 cm³/mol. The number of nitrogens with one attached hydrogen (secondary N) is 1. The molecule has 3 rings (SSSR count). The second-order valence-corrected chi connectivity index (χ2v) is 7.00. The van der Waals surface area contributed by atoms with Gasteiger partial charge in [-0.2, -0.15) is 0 Å². The first-order chi connectivity index (χ1) is 13.5. The largest absolute Gasteiger partial charge is 0.491 e. The van der Waals surface area contributed by atoms with Crippen LogP contribution < -0.4 is 14.8 Å². The van der Waals surface area contributed by atoms with Crippen LogP contribution in [0.2, 0.25) is 10.0 Å². The van der Waals surface area contributed by atoms with Crippen LogP contribution in [0.4, 0.5) is 5.69 Å². The van der Waals surface area contributed by atoms with Crippen LogP contribution in [0.25, 0.3) is 0 Å². The first-order valence-electron chi connectivity index (χ1n) is 8.59. The van der Waals surface area contributed by atoms with E-state index in [0.29, 0.717) is 39.4 Å². The van der Waals surface area contributed by atoms with Crippen LogP contribution in [-0.2, 0) is 6.61 Å². The fourth-order valence-corrected chi connectivity index (χ4v) is 3.08. The molecule has 4 nitrogen and oxygen atoms in total. The van der Waals surface area contributed by atoms with Gasteiger partial charge >= 0.3 is 0 Å². The van der Waals surface area contributed by atoms with Crippen molar-refractivity contribution in [3.8, 4) is 11.5 Å². The molecule has 0 spiro atoms. The Kier molecular flexibility index (Phi) is 6.45. The molecule has 0 radical (unpaired) electrons. The number of halogens is 2. The molecule has 0 aliphatic heterocycles. The van der Waals surface area contributed by atoms with Crippen molar-refractivity contribution in [2.75, 3.05) is 12.4 Å². The van der Waals surface area contributed by atoms with Gasteiger partial charge in [0.25, 0.3) is 5.91 Å². The van der Waals surface area contributed by atoms with Crippen LogP contribution in [-0.4, -0.2) is 13.0 Å². The molecule has 3 aromatic rings. The number of hydrogen-bond donors (Lipinski definition) is 1. The molecule has 1 amide bonds.